The molecular formula is C67H114O6. The summed E-state index contributed by atoms with van der Waals surface area (Å²) in [5.74, 6) is -0.937. The van der Waals surface area contributed by atoms with Crippen molar-refractivity contribution >= 4 is 17.9 Å². The Morgan fingerprint density at radius 2 is 0.534 bits per heavy atom. The summed E-state index contributed by atoms with van der Waals surface area (Å²) in [4.78, 5) is 38.3. The summed E-state index contributed by atoms with van der Waals surface area (Å²) < 4.78 is 16.9. The summed E-state index contributed by atoms with van der Waals surface area (Å²) >= 11 is 0. The van der Waals surface area contributed by atoms with Gasteiger partial charge >= 0.3 is 17.9 Å². The standard InChI is InChI=1S/C67H114O6/c1-4-7-10-13-16-19-22-25-28-31-33-34-35-37-39-42-45-48-51-54-57-60-66(69)72-63-64(62-71-65(68)59-56-53-50-47-44-41-38-30-27-24-21-18-15-12-9-6-3)73-67(70)61-58-55-52-49-46-43-40-36-32-29-26-23-20-17-14-11-8-5-2/h7,10,16,19-20,23,25,28-29,32-34,37,39,45,48,64H,4-6,8-9,11-15,17-18,21-22,24,26-27,30-31,35-36,38,40-44,46-47,49-63H2,1-3H3/b10-7-,19-16-,23-20-,28-25-,32-29-,34-33-,39-37-,48-45-. The number of hydrogen-bond acceptors (Lipinski definition) is 6. The third-order valence-electron chi connectivity index (χ3n) is 13.1. The predicted molar refractivity (Wildman–Crippen MR) is 316 cm³/mol. The van der Waals surface area contributed by atoms with Crippen LogP contribution in [0.3, 0.4) is 0 Å². The van der Waals surface area contributed by atoms with Gasteiger partial charge in [0.2, 0.25) is 0 Å². The van der Waals surface area contributed by atoms with E-state index in [4.69, 9.17) is 14.2 Å². The molecule has 0 fully saturated rings. The molecule has 0 amide bonds. The second-order valence-corrected chi connectivity index (χ2v) is 20.2. The molecule has 0 aromatic carbocycles. The smallest absolute Gasteiger partial charge is 0.306 e. The van der Waals surface area contributed by atoms with E-state index in [1.165, 1.54) is 141 Å². The largest absolute Gasteiger partial charge is 0.462 e. The summed E-state index contributed by atoms with van der Waals surface area (Å²) in [6.07, 6.45) is 81.1. The fraction of sp³-hybridized carbons (Fsp3) is 0.716. The molecule has 0 radical (unpaired) electrons. The first-order valence-corrected chi connectivity index (χ1v) is 30.7. The molecule has 0 aromatic heterocycles. The molecule has 418 valence electrons. The van der Waals surface area contributed by atoms with Crippen LogP contribution in [-0.2, 0) is 28.6 Å². The van der Waals surface area contributed by atoms with Crippen LogP contribution in [0.1, 0.15) is 290 Å². The molecule has 0 aromatic rings. The van der Waals surface area contributed by atoms with Gasteiger partial charge in [-0.05, 0) is 103 Å². The van der Waals surface area contributed by atoms with Crippen LogP contribution in [0.4, 0.5) is 0 Å². The van der Waals surface area contributed by atoms with E-state index in [-0.39, 0.29) is 31.1 Å². The Labute approximate surface area is 451 Å². The van der Waals surface area contributed by atoms with Gasteiger partial charge in [-0.1, -0.05) is 266 Å². The molecule has 0 aliphatic heterocycles. The van der Waals surface area contributed by atoms with Crippen LogP contribution < -0.4 is 0 Å². The van der Waals surface area contributed by atoms with Crippen molar-refractivity contribution in [3.63, 3.8) is 0 Å². The van der Waals surface area contributed by atoms with Crippen molar-refractivity contribution in [2.24, 2.45) is 0 Å². The highest BCUT2D eigenvalue weighted by Crippen LogP contribution is 2.16. The normalized spacial score (nSPS) is 12.8. The van der Waals surface area contributed by atoms with Crippen LogP contribution in [0.5, 0.6) is 0 Å². The zero-order chi connectivity index (χ0) is 52.9. The minimum atomic E-state index is -0.800. The number of carbonyl (C=O) groups is 3. The fourth-order valence-corrected chi connectivity index (χ4v) is 8.48. The highest BCUT2D eigenvalue weighted by Gasteiger charge is 2.19. The molecule has 0 heterocycles. The Balaban J connectivity index is 4.47. The first-order chi connectivity index (χ1) is 36.0. The van der Waals surface area contributed by atoms with Crippen LogP contribution in [0, 0.1) is 0 Å². The Hall–Kier alpha value is -3.67. The van der Waals surface area contributed by atoms with Crippen LogP contribution in [0.2, 0.25) is 0 Å². The van der Waals surface area contributed by atoms with Crippen molar-refractivity contribution in [2.75, 3.05) is 13.2 Å². The number of carbonyl (C=O) groups excluding carboxylic acids is 3. The van der Waals surface area contributed by atoms with Gasteiger partial charge in [-0.25, -0.2) is 0 Å². The molecule has 0 aliphatic carbocycles. The van der Waals surface area contributed by atoms with E-state index in [1.54, 1.807) is 0 Å². The number of rotatable bonds is 55. The number of hydrogen-bond donors (Lipinski definition) is 0. The molecule has 0 bridgehead atoms. The highest BCUT2D eigenvalue weighted by molar-refractivity contribution is 5.71. The minimum Gasteiger partial charge on any atom is -0.462 e. The molecule has 0 saturated carbocycles. The van der Waals surface area contributed by atoms with Crippen LogP contribution >= 0.6 is 0 Å². The summed E-state index contributed by atoms with van der Waals surface area (Å²) in [6.45, 7) is 6.49. The Morgan fingerprint density at radius 1 is 0.288 bits per heavy atom. The number of unbranched alkanes of at least 4 members (excludes halogenated alkanes) is 28. The van der Waals surface area contributed by atoms with E-state index in [9.17, 15) is 14.4 Å². The lowest BCUT2D eigenvalue weighted by Crippen LogP contribution is -2.30. The summed E-state index contributed by atoms with van der Waals surface area (Å²) in [5, 5.41) is 0. The quantitative estimate of drug-likeness (QED) is 0.0261. The molecular weight excluding hydrogens is 901 g/mol. The van der Waals surface area contributed by atoms with Gasteiger partial charge in [0.1, 0.15) is 13.2 Å². The zero-order valence-electron chi connectivity index (χ0n) is 47.9. The molecule has 0 saturated heterocycles. The second-order valence-electron chi connectivity index (χ2n) is 20.2. The van der Waals surface area contributed by atoms with Crippen LogP contribution in [0.15, 0.2) is 97.2 Å². The van der Waals surface area contributed by atoms with Gasteiger partial charge in [-0.15, -0.1) is 0 Å². The predicted octanol–water partition coefficient (Wildman–Crippen LogP) is 20.9. The lowest BCUT2D eigenvalue weighted by molar-refractivity contribution is -0.167. The van der Waals surface area contributed by atoms with Crippen LogP contribution in [-0.4, -0.2) is 37.2 Å². The molecule has 1 atom stereocenters. The average molecular weight is 1020 g/mol. The van der Waals surface area contributed by atoms with E-state index >= 15 is 0 Å². The summed E-state index contributed by atoms with van der Waals surface area (Å²) in [6, 6.07) is 0. The Kier molecular flexibility index (Phi) is 57.8. The van der Waals surface area contributed by atoms with E-state index in [2.05, 4.69) is 118 Å². The average Bonchev–Trinajstić information content (AvgIpc) is 3.39. The molecule has 73 heavy (non-hydrogen) atoms. The molecule has 6 heteroatoms. The lowest BCUT2D eigenvalue weighted by atomic mass is 10.0. The Bertz CT molecular complexity index is 1440. The van der Waals surface area contributed by atoms with Crippen molar-refractivity contribution in [1.29, 1.82) is 0 Å². The maximum absolute atomic E-state index is 12.9. The van der Waals surface area contributed by atoms with Gasteiger partial charge in [0.15, 0.2) is 6.10 Å². The monoisotopic (exact) mass is 1010 g/mol. The summed E-state index contributed by atoms with van der Waals surface area (Å²) in [7, 11) is 0. The number of ether oxygens (including phenoxy) is 3. The SMILES string of the molecule is CC/C=C\C/C=C\C/C=C\C/C=C\C/C=C\C/C=C\CCCCC(=O)OCC(COC(=O)CCCCCCCCCCCCCCCCCC)OC(=O)CCCCCCCCC/C=C\C/C=C\CCCCCC. The first-order valence-electron chi connectivity index (χ1n) is 30.7. The third kappa shape index (κ3) is 59.1. The van der Waals surface area contributed by atoms with E-state index in [0.29, 0.717) is 19.3 Å². The highest BCUT2D eigenvalue weighted by atomic mass is 16.6. The molecule has 0 spiro atoms. The fourth-order valence-electron chi connectivity index (χ4n) is 8.48. The second kappa shape index (κ2) is 60.9. The molecule has 1 unspecified atom stereocenters. The van der Waals surface area contributed by atoms with Gasteiger partial charge in [0, 0.05) is 19.3 Å². The Morgan fingerprint density at radius 3 is 0.877 bits per heavy atom. The number of allylic oxidation sites excluding steroid dienone is 16. The van der Waals surface area contributed by atoms with Crippen molar-refractivity contribution in [1.82, 2.24) is 0 Å². The maximum Gasteiger partial charge on any atom is 0.306 e. The van der Waals surface area contributed by atoms with Gasteiger partial charge < -0.3 is 14.2 Å². The van der Waals surface area contributed by atoms with Gasteiger partial charge in [0.05, 0.1) is 0 Å². The minimum absolute atomic E-state index is 0.0928. The van der Waals surface area contributed by atoms with Gasteiger partial charge in [0.25, 0.3) is 0 Å². The van der Waals surface area contributed by atoms with Crippen LogP contribution in [0.25, 0.3) is 0 Å². The van der Waals surface area contributed by atoms with Crippen molar-refractivity contribution in [3.05, 3.63) is 97.2 Å². The van der Waals surface area contributed by atoms with Crippen molar-refractivity contribution in [3.8, 4) is 0 Å². The maximum atomic E-state index is 12.9. The van der Waals surface area contributed by atoms with E-state index in [1.807, 2.05) is 0 Å². The molecule has 6 nitrogen and oxygen atoms in total. The van der Waals surface area contributed by atoms with Gasteiger partial charge in [-0.3, -0.25) is 14.4 Å². The topological polar surface area (TPSA) is 78.9 Å². The van der Waals surface area contributed by atoms with Crippen molar-refractivity contribution in [2.45, 2.75) is 297 Å². The first kappa shape index (κ1) is 69.3. The zero-order valence-corrected chi connectivity index (χ0v) is 47.9. The summed E-state index contributed by atoms with van der Waals surface area (Å²) in [5.41, 5.74) is 0. The van der Waals surface area contributed by atoms with Crippen molar-refractivity contribution < 1.29 is 28.6 Å². The van der Waals surface area contributed by atoms with E-state index < -0.39 is 6.10 Å². The third-order valence-corrected chi connectivity index (χ3v) is 13.1. The van der Waals surface area contributed by atoms with Gasteiger partial charge in [-0.2, -0.15) is 0 Å². The molecule has 0 rings (SSSR count). The molecule has 0 aliphatic rings. The number of esters is 3. The lowest BCUT2D eigenvalue weighted by Gasteiger charge is -2.18. The molecule has 0 N–H and O–H groups in total. The van der Waals surface area contributed by atoms with E-state index in [0.717, 1.165) is 109 Å².